The summed E-state index contributed by atoms with van der Waals surface area (Å²) in [5, 5.41) is 3.03. The molecule has 0 saturated carbocycles. The maximum absolute atomic E-state index is 12.3. The van der Waals surface area contributed by atoms with Crippen molar-refractivity contribution in [3.63, 3.8) is 0 Å². The number of hydrogen-bond acceptors (Lipinski definition) is 3. The van der Waals surface area contributed by atoms with Gasteiger partial charge in [0, 0.05) is 31.3 Å². The number of nitrogens with one attached hydrogen (secondary N) is 1. The first-order chi connectivity index (χ1) is 13.0. The first-order valence-electron chi connectivity index (χ1n) is 9.39. The average Bonchev–Trinajstić information content (AvgIpc) is 3.20. The van der Waals surface area contributed by atoms with Gasteiger partial charge in [0.05, 0.1) is 6.26 Å². The molecule has 0 spiro atoms. The number of hydrogen-bond donors (Lipinski definition) is 1. The number of likely N-dealkylation sites (tertiary alicyclic amines) is 1. The monoisotopic (exact) mass is 366 g/mol. The van der Waals surface area contributed by atoms with Gasteiger partial charge >= 0.3 is 0 Å². The zero-order valence-electron chi connectivity index (χ0n) is 15.9. The second-order valence-electron chi connectivity index (χ2n) is 7.13. The fourth-order valence-corrected chi connectivity index (χ4v) is 3.22. The molecule has 1 aliphatic rings. The molecule has 0 aliphatic carbocycles. The van der Waals surface area contributed by atoms with E-state index in [9.17, 15) is 9.59 Å². The van der Waals surface area contributed by atoms with E-state index in [0.717, 1.165) is 18.4 Å². The molecule has 1 saturated heterocycles. The molecule has 0 atom stereocenters. The van der Waals surface area contributed by atoms with E-state index in [4.69, 9.17) is 4.42 Å². The van der Waals surface area contributed by atoms with Crippen LogP contribution < -0.4 is 5.32 Å². The van der Waals surface area contributed by atoms with Crippen molar-refractivity contribution in [2.45, 2.75) is 26.7 Å². The van der Waals surface area contributed by atoms with Crippen molar-refractivity contribution in [1.29, 1.82) is 0 Å². The summed E-state index contributed by atoms with van der Waals surface area (Å²) >= 11 is 0. The minimum atomic E-state index is -0.0296. The molecule has 1 aromatic heterocycles. The van der Waals surface area contributed by atoms with Crippen LogP contribution >= 0.6 is 0 Å². The highest BCUT2D eigenvalue weighted by molar-refractivity contribution is 5.94. The van der Waals surface area contributed by atoms with Crippen LogP contribution in [0.3, 0.4) is 0 Å². The summed E-state index contributed by atoms with van der Waals surface area (Å²) in [5.41, 5.74) is 3.01. The summed E-state index contributed by atoms with van der Waals surface area (Å²) in [7, 11) is 0. The van der Waals surface area contributed by atoms with E-state index in [1.807, 2.05) is 43.0 Å². The molecule has 3 rings (SSSR count). The Morgan fingerprint density at radius 3 is 2.63 bits per heavy atom. The van der Waals surface area contributed by atoms with E-state index in [1.54, 1.807) is 24.5 Å². The lowest BCUT2D eigenvalue weighted by atomic mass is 9.96. The minimum absolute atomic E-state index is 0.00372. The second-order valence-corrected chi connectivity index (χ2v) is 7.13. The van der Waals surface area contributed by atoms with Crippen molar-refractivity contribution in [3.8, 4) is 0 Å². The number of nitrogens with zero attached hydrogens (tertiary/aromatic N) is 1. The SMILES string of the molecule is Cc1ccc(C(=O)NCC2CCN(C(=O)/C=C/c3ccco3)CC2)cc1C. The molecule has 1 aromatic carbocycles. The van der Waals surface area contributed by atoms with Crippen molar-refractivity contribution < 1.29 is 14.0 Å². The van der Waals surface area contributed by atoms with Gasteiger partial charge in [-0.3, -0.25) is 9.59 Å². The molecule has 0 unspecified atom stereocenters. The Hall–Kier alpha value is -2.82. The quantitative estimate of drug-likeness (QED) is 0.823. The van der Waals surface area contributed by atoms with E-state index >= 15 is 0 Å². The minimum Gasteiger partial charge on any atom is -0.465 e. The van der Waals surface area contributed by atoms with Crippen LogP contribution in [-0.4, -0.2) is 36.3 Å². The number of amides is 2. The molecule has 2 heterocycles. The van der Waals surface area contributed by atoms with E-state index in [1.165, 1.54) is 5.56 Å². The number of rotatable bonds is 5. The van der Waals surface area contributed by atoms with Crippen LogP contribution in [0.2, 0.25) is 0 Å². The highest BCUT2D eigenvalue weighted by atomic mass is 16.3. The Labute approximate surface area is 160 Å². The molecular formula is C22H26N2O3. The molecule has 0 radical (unpaired) electrons. The Morgan fingerprint density at radius 2 is 1.96 bits per heavy atom. The number of piperidine rings is 1. The average molecular weight is 366 g/mol. The van der Waals surface area contributed by atoms with E-state index < -0.39 is 0 Å². The van der Waals surface area contributed by atoms with Crippen LogP contribution in [0.15, 0.2) is 47.1 Å². The lowest BCUT2D eigenvalue weighted by molar-refractivity contribution is -0.127. The number of carbonyl (C=O) groups is 2. The summed E-state index contributed by atoms with van der Waals surface area (Å²) in [6, 6.07) is 9.38. The molecule has 0 bridgehead atoms. The number of carbonyl (C=O) groups excluding carboxylic acids is 2. The number of benzene rings is 1. The third kappa shape index (κ3) is 5.09. The lowest BCUT2D eigenvalue weighted by Gasteiger charge is -2.31. The predicted octanol–water partition coefficient (Wildman–Crippen LogP) is 3.58. The summed E-state index contributed by atoms with van der Waals surface area (Å²) in [5.74, 6) is 1.05. The van der Waals surface area contributed by atoms with Gasteiger partial charge in [-0.2, -0.15) is 0 Å². The summed E-state index contributed by atoms with van der Waals surface area (Å²) in [6.45, 7) is 6.13. The number of furan rings is 1. The van der Waals surface area contributed by atoms with Gasteiger partial charge in [0.25, 0.3) is 5.91 Å². The van der Waals surface area contributed by atoms with Crippen LogP contribution in [0.25, 0.3) is 6.08 Å². The zero-order chi connectivity index (χ0) is 19.2. The molecule has 142 valence electrons. The molecule has 2 amide bonds. The van der Waals surface area contributed by atoms with Crippen molar-refractivity contribution in [2.24, 2.45) is 5.92 Å². The van der Waals surface area contributed by atoms with Gasteiger partial charge in [0.1, 0.15) is 5.76 Å². The normalized spacial score (nSPS) is 15.3. The Bertz CT molecular complexity index is 816. The van der Waals surface area contributed by atoms with E-state index in [2.05, 4.69) is 5.32 Å². The Kier molecular flexibility index (Phi) is 6.12. The molecular weight excluding hydrogens is 340 g/mol. The largest absolute Gasteiger partial charge is 0.465 e. The Balaban J connectivity index is 1.43. The molecule has 1 N–H and O–H groups in total. The van der Waals surface area contributed by atoms with Crippen molar-refractivity contribution in [3.05, 3.63) is 65.1 Å². The first kappa shape index (κ1) is 19.0. The molecule has 1 fully saturated rings. The van der Waals surface area contributed by atoms with Crippen LogP contribution in [0.4, 0.5) is 0 Å². The van der Waals surface area contributed by atoms with Gasteiger partial charge in [-0.1, -0.05) is 6.07 Å². The third-order valence-electron chi connectivity index (χ3n) is 5.18. The Morgan fingerprint density at radius 1 is 1.19 bits per heavy atom. The van der Waals surface area contributed by atoms with Gasteiger partial charge in [-0.25, -0.2) is 0 Å². The van der Waals surface area contributed by atoms with Crippen LogP contribution in [-0.2, 0) is 4.79 Å². The second kappa shape index (κ2) is 8.71. The maximum Gasteiger partial charge on any atom is 0.251 e. The standard InChI is InChI=1S/C22H26N2O3/c1-16-5-6-19(14-17(16)2)22(26)23-15-18-9-11-24(12-10-18)21(25)8-7-20-4-3-13-27-20/h3-8,13-14,18H,9-12,15H2,1-2H3,(H,23,26)/b8-7+. The van der Waals surface area contributed by atoms with E-state index in [-0.39, 0.29) is 11.8 Å². The van der Waals surface area contributed by atoms with Crippen molar-refractivity contribution in [2.75, 3.05) is 19.6 Å². The van der Waals surface area contributed by atoms with Gasteiger partial charge in [-0.15, -0.1) is 0 Å². The van der Waals surface area contributed by atoms with Crippen molar-refractivity contribution >= 4 is 17.9 Å². The van der Waals surface area contributed by atoms with Gasteiger partial charge < -0.3 is 14.6 Å². The van der Waals surface area contributed by atoms with Gasteiger partial charge in [0.15, 0.2) is 0 Å². The fourth-order valence-electron chi connectivity index (χ4n) is 3.22. The lowest BCUT2D eigenvalue weighted by Crippen LogP contribution is -2.41. The third-order valence-corrected chi connectivity index (χ3v) is 5.18. The fraction of sp³-hybridized carbons (Fsp3) is 0.364. The molecule has 5 heteroatoms. The molecule has 5 nitrogen and oxygen atoms in total. The van der Waals surface area contributed by atoms with Crippen LogP contribution in [0.1, 0.15) is 40.1 Å². The van der Waals surface area contributed by atoms with Crippen molar-refractivity contribution in [1.82, 2.24) is 10.2 Å². The zero-order valence-corrected chi connectivity index (χ0v) is 15.9. The highest BCUT2D eigenvalue weighted by Gasteiger charge is 2.22. The summed E-state index contributed by atoms with van der Waals surface area (Å²) in [4.78, 5) is 26.4. The highest BCUT2D eigenvalue weighted by Crippen LogP contribution is 2.17. The summed E-state index contributed by atoms with van der Waals surface area (Å²) in [6.07, 6.45) is 6.63. The summed E-state index contributed by atoms with van der Waals surface area (Å²) < 4.78 is 5.20. The predicted molar refractivity (Wildman–Crippen MR) is 105 cm³/mol. The maximum atomic E-state index is 12.3. The van der Waals surface area contributed by atoms with Crippen LogP contribution in [0.5, 0.6) is 0 Å². The topological polar surface area (TPSA) is 62.6 Å². The van der Waals surface area contributed by atoms with Gasteiger partial charge in [0.2, 0.25) is 5.91 Å². The smallest absolute Gasteiger partial charge is 0.251 e. The van der Waals surface area contributed by atoms with Gasteiger partial charge in [-0.05, 0) is 74.1 Å². The first-order valence-corrected chi connectivity index (χ1v) is 9.39. The molecule has 27 heavy (non-hydrogen) atoms. The molecule has 2 aromatic rings. The van der Waals surface area contributed by atoms with E-state index in [0.29, 0.717) is 36.9 Å². The number of aryl methyl sites for hydroxylation is 2. The van der Waals surface area contributed by atoms with Crippen LogP contribution in [0, 0.1) is 19.8 Å². The molecule has 1 aliphatic heterocycles.